The minimum atomic E-state index is -1.35. The van der Waals surface area contributed by atoms with Gasteiger partial charge in [-0.15, -0.1) is 0 Å². The molecule has 8 nitrogen and oxygen atoms in total. The number of esters is 1. The maximum Gasteiger partial charge on any atom is 0.358 e. The number of benzene rings is 1. The van der Waals surface area contributed by atoms with Crippen LogP contribution in [0.25, 0.3) is 11.4 Å². The van der Waals surface area contributed by atoms with E-state index >= 15 is 0 Å². The Kier molecular flexibility index (Phi) is 4.60. The monoisotopic (exact) mass is 375 g/mol. The summed E-state index contributed by atoms with van der Waals surface area (Å²) in [6.45, 7) is 5.41. The molecule has 0 saturated heterocycles. The van der Waals surface area contributed by atoms with Gasteiger partial charge >= 0.3 is 5.97 Å². The van der Waals surface area contributed by atoms with E-state index in [4.69, 9.17) is 16.3 Å². The van der Waals surface area contributed by atoms with Gasteiger partial charge in [-0.25, -0.2) is 9.78 Å². The second-order valence-corrected chi connectivity index (χ2v) is 6.03. The number of aromatic carboxylic acids is 1. The molecule has 2 aromatic heterocycles. The summed E-state index contributed by atoms with van der Waals surface area (Å²) in [6.07, 6.45) is 1.40. The lowest BCUT2D eigenvalue weighted by Crippen LogP contribution is -2.24. The van der Waals surface area contributed by atoms with Crippen LogP contribution in [0.1, 0.15) is 39.3 Å². The summed E-state index contributed by atoms with van der Waals surface area (Å²) in [4.78, 5) is 26.9. The predicted molar refractivity (Wildman–Crippen MR) is 92.0 cm³/mol. The van der Waals surface area contributed by atoms with Gasteiger partial charge in [0, 0.05) is 10.7 Å². The molecule has 0 unspecified atom stereocenters. The lowest BCUT2D eigenvalue weighted by Gasteiger charge is -2.23. The molecule has 0 atom stereocenters. The molecule has 0 radical (unpaired) electrons. The first-order chi connectivity index (χ1) is 12.3. The Hall–Kier alpha value is -3.00. The number of carboxylic acid groups (broad SMARTS) is 1. The predicted octanol–water partition coefficient (Wildman–Crippen LogP) is 1.80. The van der Waals surface area contributed by atoms with Crippen LogP contribution in [0.2, 0.25) is 5.02 Å². The van der Waals surface area contributed by atoms with Gasteiger partial charge in [-0.2, -0.15) is 0 Å². The van der Waals surface area contributed by atoms with Crippen LogP contribution >= 0.6 is 11.6 Å². The van der Waals surface area contributed by atoms with Crippen molar-refractivity contribution in [2.75, 3.05) is 6.61 Å². The van der Waals surface area contributed by atoms with Crippen LogP contribution in [0.3, 0.4) is 0 Å². The van der Waals surface area contributed by atoms with Crippen LogP contribution in [0.4, 0.5) is 0 Å². The third kappa shape index (κ3) is 2.88. The number of imidazole rings is 1. The number of aromatic nitrogens is 4. The Balaban J connectivity index is 2.10. The van der Waals surface area contributed by atoms with Gasteiger partial charge in [-0.05, 0) is 39.0 Å². The van der Waals surface area contributed by atoms with Crippen LogP contribution in [0.5, 0.6) is 0 Å². The molecule has 0 bridgehead atoms. The van der Waals surface area contributed by atoms with Crippen molar-refractivity contribution in [2.24, 2.45) is 0 Å². The zero-order valence-electron chi connectivity index (χ0n) is 14.4. The first-order valence-electron chi connectivity index (χ1n) is 7.85. The third-order valence-electron chi connectivity index (χ3n) is 4.04. The highest BCUT2D eigenvalue weighted by atomic mass is 35.5. The average Bonchev–Trinajstić information content (AvgIpc) is 2.95. The van der Waals surface area contributed by atoms with E-state index < -0.39 is 11.9 Å². The van der Waals surface area contributed by atoms with E-state index in [0.29, 0.717) is 33.5 Å². The highest BCUT2D eigenvalue weighted by molar-refractivity contribution is 6.30. The Bertz CT molecular complexity index is 999. The number of halogens is 1. The average molecular weight is 376 g/mol. The Morgan fingerprint density at radius 3 is 2.58 bits per heavy atom. The fourth-order valence-corrected chi connectivity index (χ4v) is 2.87. The van der Waals surface area contributed by atoms with Crippen LogP contribution < -0.4 is 5.11 Å². The summed E-state index contributed by atoms with van der Waals surface area (Å²) >= 11 is 6.13. The summed E-state index contributed by atoms with van der Waals surface area (Å²) < 4.78 is 8.28. The number of nitrogens with zero attached hydrogens (tertiary/aromatic N) is 3. The zero-order valence-corrected chi connectivity index (χ0v) is 15.1. The third-order valence-corrected chi connectivity index (χ3v) is 4.27. The van der Waals surface area contributed by atoms with E-state index in [-0.39, 0.29) is 12.3 Å². The van der Waals surface area contributed by atoms with E-state index in [2.05, 4.69) is 10.1 Å². The molecule has 136 valence electrons. The minimum Gasteiger partial charge on any atom is -0.543 e. The molecule has 1 N–H and O–H groups in total. The Morgan fingerprint density at radius 1 is 1.27 bits per heavy atom. The molecule has 0 aliphatic rings. The lowest BCUT2D eigenvalue weighted by molar-refractivity contribution is -0.255. The molecular weight excluding hydrogens is 360 g/mol. The molecule has 1 aromatic carbocycles. The molecule has 9 heteroatoms. The number of carboxylic acids is 1. The molecule has 3 aromatic rings. The quantitative estimate of drug-likeness (QED) is 0.684. The molecule has 0 saturated carbocycles. The van der Waals surface area contributed by atoms with Gasteiger partial charge in [0.05, 0.1) is 29.6 Å². The number of aromatic amines is 1. The van der Waals surface area contributed by atoms with E-state index in [1.165, 1.54) is 6.33 Å². The molecule has 0 amide bonds. The molecule has 0 aliphatic carbocycles. The summed E-state index contributed by atoms with van der Waals surface area (Å²) in [7, 11) is 0. The summed E-state index contributed by atoms with van der Waals surface area (Å²) in [5, 5.41) is 14.6. The van der Waals surface area contributed by atoms with Crippen molar-refractivity contribution in [3.63, 3.8) is 0 Å². The van der Waals surface area contributed by atoms with Gasteiger partial charge in [0.2, 0.25) is 0 Å². The maximum atomic E-state index is 11.9. The highest BCUT2D eigenvalue weighted by Gasteiger charge is 2.22. The fraction of sp³-hybridized carbons (Fsp3) is 0.235. The van der Waals surface area contributed by atoms with Crippen molar-refractivity contribution < 1.29 is 19.4 Å². The second kappa shape index (κ2) is 6.72. The number of carbonyl (C=O) groups is 2. The number of nitrogens with one attached hydrogen (secondary N) is 1. The van der Waals surface area contributed by atoms with Crippen LogP contribution in [-0.2, 0) is 4.74 Å². The molecular formula is C17H16ClN4O4-. The first kappa shape index (κ1) is 17.8. The number of H-pyrrole nitrogens is 1. The second-order valence-electron chi connectivity index (χ2n) is 5.60. The molecule has 0 fully saturated rings. The van der Waals surface area contributed by atoms with E-state index in [0.717, 1.165) is 0 Å². The molecule has 0 spiro atoms. The maximum absolute atomic E-state index is 11.9. The fourth-order valence-electron chi connectivity index (χ4n) is 2.71. The Morgan fingerprint density at radius 2 is 2.00 bits per heavy atom. The largest absolute Gasteiger partial charge is 0.543 e. The van der Waals surface area contributed by atoms with Crippen LogP contribution in [0.15, 0.2) is 24.5 Å². The number of carbonyl (C=O) groups excluding carboxylic acids is 2. The molecule has 2 heterocycles. The van der Waals surface area contributed by atoms with Crippen molar-refractivity contribution in [3.05, 3.63) is 52.3 Å². The van der Waals surface area contributed by atoms with Gasteiger partial charge in [0.1, 0.15) is 12.0 Å². The van der Waals surface area contributed by atoms with Gasteiger partial charge in [-0.1, -0.05) is 11.6 Å². The molecule has 3 rings (SSSR count). The summed E-state index contributed by atoms with van der Waals surface area (Å²) in [5.74, 6) is -1.79. The molecule has 0 aliphatic heterocycles. The standard InChI is InChI=1S/C17H17ClN4O4/c1-4-26-17(25)15-10(3)22(20-15)13-7-11(18)5-6-12(13)21-8-19-14(9(21)2)16(23)24/h5-8,20H,4H2,1-3H3,(H,23,24)/p-1. The minimum absolute atomic E-state index is 0.137. The van der Waals surface area contributed by atoms with E-state index in [1.54, 1.807) is 48.2 Å². The SMILES string of the molecule is CCOC(=O)c1[nH]n(-c2cc(Cl)ccc2-n2cnc(C(=O)[O-])c2C)c1C. The number of hydrogen-bond donors (Lipinski definition) is 1. The summed E-state index contributed by atoms with van der Waals surface area (Å²) in [6, 6.07) is 5.12. The van der Waals surface area contributed by atoms with Crippen molar-refractivity contribution in [2.45, 2.75) is 20.8 Å². The van der Waals surface area contributed by atoms with Crippen molar-refractivity contribution in [3.8, 4) is 11.4 Å². The highest BCUT2D eigenvalue weighted by Crippen LogP contribution is 2.28. The van der Waals surface area contributed by atoms with Gasteiger partial charge in [0.15, 0.2) is 5.69 Å². The topological polar surface area (TPSA) is 105 Å². The number of ether oxygens (including phenoxy) is 1. The van der Waals surface area contributed by atoms with E-state index in [1.807, 2.05) is 0 Å². The van der Waals surface area contributed by atoms with Crippen molar-refractivity contribution in [1.29, 1.82) is 0 Å². The van der Waals surface area contributed by atoms with Gasteiger partial charge in [0.25, 0.3) is 0 Å². The lowest BCUT2D eigenvalue weighted by atomic mass is 10.2. The summed E-state index contributed by atoms with van der Waals surface area (Å²) in [5.41, 5.74) is 2.57. The molecule has 26 heavy (non-hydrogen) atoms. The smallest absolute Gasteiger partial charge is 0.358 e. The van der Waals surface area contributed by atoms with Crippen molar-refractivity contribution >= 4 is 23.5 Å². The zero-order chi connectivity index (χ0) is 19.0. The van der Waals surface area contributed by atoms with Crippen LogP contribution in [0, 0.1) is 13.8 Å². The van der Waals surface area contributed by atoms with E-state index in [9.17, 15) is 14.7 Å². The van der Waals surface area contributed by atoms with Gasteiger partial charge < -0.3 is 19.2 Å². The Labute approximate surface area is 154 Å². The van der Waals surface area contributed by atoms with Crippen molar-refractivity contribution in [1.82, 2.24) is 19.3 Å². The van der Waals surface area contributed by atoms with Crippen LogP contribution in [-0.4, -0.2) is 37.9 Å². The number of hydrogen-bond acceptors (Lipinski definition) is 5. The van der Waals surface area contributed by atoms with Gasteiger partial charge in [-0.3, -0.25) is 9.78 Å². The number of rotatable bonds is 5. The first-order valence-corrected chi connectivity index (χ1v) is 8.23. The normalized spacial score (nSPS) is 10.9.